The molecule has 1 aromatic rings. The van der Waals surface area contributed by atoms with Gasteiger partial charge in [-0.1, -0.05) is 33.1 Å². The zero-order valence-electron chi connectivity index (χ0n) is 9.92. The number of hydrogen-bond donors (Lipinski definition) is 2. The maximum absolute atomic E-state index is 3.92. The molecule has 3 nitrogen and oxygen atoms in total. The lowest BCUT2D eigenvalue weighted by Gasteiger charge is -2.14. The van der Waals surface area contributed by atoms with E-state index in [2.05, 4.69) is 29.4 Å². The van der Waals surface area contributed by atoms with Crippen LogP contribution in [-0.4, -0.2) is 16.7 Å². The van der Waals surface area contributed by atoms with Gasteiger partial charge < -0.3 is 5.32 Å². The highest BCUT2D eigenvalue weighted by molar-refractivity contribution is 4.96. The molecule has 1 rings (SSSR count). The first-order chi connectivity index (χ1) is 7.36. The molecule has 0 aliphatic carbocycles. The third-order valence-electron chi connectivity index (χ3n) is 2.85. The maximum Gasteiger partial charge on any atom is 0.0490 e. The van der Waals surface area contributed by atoms with Crippen LogP contribution in [0.15, 0.2) is 12.3 Å². The predicted molar refractivity (Wildman–Crippen MR) is 63.6 cm³/mol. The molecule has 2 N–H and O–H groups in total. The summed E-state index contributed by atoms with van der Waals surface area (Å²) in [5.74, 6) is 0.827. The zero-order valence-corrected chi connectivity index (χ0v) is 9.92. The standard InChI is InChI=1S/C12H23N3/c1-3-5-6-11(4-2)9-13-10-12-7-8-14-15-12/h7-8,11,13H,3-6,9-10H2,1-2H3,(H,14,15). The van der Waals surface area contributed by atoms with Gasteiger partial charge in [0.1, 0.15) is 0 Å². The van der Waals surface area contributed by atoms with Crippen LogP contribution in [0.5, 0.6) is 0 Å². The van der Waals surface area contributed by atoms with Gasteiger partial charge in [-0.25, -0.2) is 0 Å². The summed E-state index contributed by atoms with van der Waals surface area (Å²) in [7, 11) is 0. The van der Waals surface area contributed by atoms with Crippen LogP contribution in [0.4, 0.5) is 0 Å². The van der Waals surface area contributed by atoms with Crippen molar-refractivity contribution in [2.45, 2.75) is 46.1 Å². The van der Waals surface area contributed by atoms with Gasteiger partial charge in [-0.15, -0.1) is 0 Å². The minimum absolute atomic E-state index is 0.827. The smallest absolute Gasteiger partial charge is 0.0490 e. The van der Waals surface area contributed by atoms with E-state index in [4.69, 9.17) is 0 Å². The SMILES string of the molecule is CCCCC(CC)CNCc1ccn[nH]1. The first-order valence-corrected chi connectivity index (χ1v) is 6.05. The van der Waals surface area contributed by atoms with Crippen LogP contribution in [-0.2, 0) is 6.54 Å². The number of rotatable bonds is 8. The summed E-state index contributed by atoms with van der Waals surface area (Å²) in [5, 5.41) is 10.4. The van der Waals surface area contributed by atoms with Gasteiger partial charge >= 0.3 is 0 Å². The highest BCUT2D eigenvalue weighted by Gasteiger charge is 2.04. The Bertz CT molecular complexity index is 231. The topological polar surface area (TPSA) is 40.7 Å². The molecule has 0 saturated carbocycles. The third kappa shape index (κ3) is 4.98. The fourth-order valence-electron chi connectivity index (χ4n) is 1.74. The van der Waals surface area contributed by atoms with E-state index in [9.17, 15) is 0 Å². The first-order valence-electron chi connectivity index (χ1n) is 6.05. The van der Waals surface area contributed by atoms with Crippen molar-refractivity contribution in [3.05, 3.63) is 18.0 Å². The molecular formula is C12H23N3. The van der Waals surface area contributed by atoms with Crippen LogP contribution in [0.2, 0.25) is 0 Å². The molecule has 0 radical (unpaired) electrons. The van der Waals surface area contributed by atoms with E-state index in [0.717, 1.165) is 19.0 Å². The number of unbranched alkanes of at least 4 members (excludes halogenated alkanes) is 1. The molecule has 0 saturated heterocycles. The monoisotopic (exact) mass is 209 g/mol. The third-order valence-corrected chi connectivity index (χ3v) is 2.85. The van der Waals surface area contributed by atoms with E-state index in [1.54, 1.807) is 6.20 Å². The molecule has 86 valence electrons. The number of aromatic amines is 1. The summed E-state index contributed by atoms with van der Waals surface area (Å²) in [6.07, 6.45) is 7.08. The molecule has 1 atom stereocenters. The summed E-state index contributed by atoms with van der Waals surface area (Å²) >= 11 is 0. The Morgan fingerprint density at radius 2 is 2.33 bits per heavy atom. The van der Waals surface area contributed by atoms with Crippen LogP contribution < -0.4 is 5.32 Å². The molecule has 0 spiro atoms. The maximum atomic E-state index is 3.92. The molecule has 3 heteroatoms. The van der Waals surface area contributed by atoms with Crippen molar-refractivity contribution in [1.82, 2.24) is 15.5 Å². The summed E-state index contributed by atoms with van der Waals surface area (Å²) in [6.45, 7) is 6.56. The van der Waals surface area contributed by atoms with Gasteiger partial charge in [0, 0.05) is 18.4 Å². The average Bonchev–Trinajstić information content (AvgIpc) is 2.76. The Morgan fingerprint density at radius 3 is 2.93 bits per heavy atom. The van der Waals surface area contributed by atoms with Gasteiger partial charge in [-0.2, -0.15) is 5.10 Å². The van der Waals surface area contributed by atoms with Gasteiger partial charge in [0.05, 0.1) is 0 Å². The van der Waals surface area contributed by atoms with E-state index < -0.39 is 0 Å². The van der Waals surface area contributed by atoms with Crippen LogP contribution in [0.3, 0.4) is 0 Å². The van der Waals surface area contributed by atoms with E-state index in [0.29, 0.717) is 0 Å². The molecule has 1 heterocycles. The van der Waals surface area contributed by atoms with Crippen molar-refractivity contribution in [2.24, 2.45) is 5.92 Å². The van der Waals surface area contributed by atoms with Crippen LogP contribution in [0, 0.1) is 5.92 Å². The lowest BCUT2D eigenvalue weighted by Crippen LogP contribution is -2.22. The summed E-state index contributed by atoms with van der Waals surface area (Å²) in [5.41, 5.74) is 1.17. The van der Waals surface area contributed by atoms with Crippen molar-refractivity contribution in [1.29, 1.82) is 0 Å². The van der Waals surface area contributed by atoms with Crippen LogP contribution in [0.25, 0.3) is 0 Å². The molecule has 0 aliphatic heterocycles. The Kier molecular flexibility index (Phi) is 6.09. The molecule has 0 bridgehead atoms. The van der Waals surface area contributed by atoms with E-state index in [1.807, 2.05) is 6.07 Å². The number of nitrogens with one attached hydrogen (secondary N) is 2. The second kappa shape index (κ2) is 7.46. The lowest BCUT2D eigenvalue weighted by molar-refractivity contribution is 0.418. The molecule has 0 amide bonds. The van der Waals surface area contributed by atoms with Gasteiger partial charge in [0.2, 0.25) is 0 Å². The largest absolute Gasteiger partial charge is 0.311 e. The molecular weight excluding hydrogens is 186 g/mol. The normalized spacial score (nSPS) is 12.9. The number of nitrogens with zero attached hydrogens (tertiary/aromatic N) is 1. The summed E-state index contributed by atoms with van der Waals surface area (Å²) < 4.78 is 0. The van der Waals surface area contributed by atoms with Gasteiger partial charge in [-0.05, 0) is 24.9 Å². The molecule has 0 aromatic carbocycles. The van der Waals surface area contributed by atoms with Gasteiger partial charge in [0.25, 0.3) is 0 Å². The van der Waals surface area contributed by atoms with Crippen molar-refractivity contribution in [3.8, 4) is 0 Å². The molecule has 1 aromatic heterocycles. The number of hydrogen-bond acceptors (Lipinski definition) is 2. The summed E-state index contributed by atoms with van der Waals surface area (Å²) in [6, 6.07) is 2.01. The van der Waals surface area contributed by atoms with Crippen molar-refractivity contribution < 1.29 is 0 Å². The predicted octanol–water partition coefficient (Wildman–Crippen LogP) is 2.72. The highest BCUT2D eigenvalue weighted by atomic mass is 15.1. The van der Waals surface area contributed by atoms with Gasteiger partial charge in [-0.3, -0.25) is 5.10 Å². The Morgan fingerprint density at radius 1 is 1.47 bits per heavy atom. The van der Waals surface area contributed by atoms with Gasteiger partial charge in [0.15, 0.2) is 0 Å². The number of aromatic nitrogens is 2. The fraction of sp³-hybridized carbons (Fsp3) is 0.750. The van der Waals surface area contributed by atoms with E-state index in [-0.39, 0.29) is 0 Å². The Balaban J connectivity index is 2.11. The molecule has 0 fully saturated rings. The second-order valence-electron chi connectivity index (χ2n) is 4.13. The lowest BCUT2D eigenvalue weighted by atomic mass is 9.99. The fourth-order valence-corrected chi connectivity index (χ4v) is 1.74. The zero-order chi connectivity index (χ0) is 10.9. The van der Waals surface area contributed by atoms with Crippen molar-refractivity contribution in [2.75, 3.05) is 6.54 Å². The summed E-state index contributed by atoms with van der Waals surface area (Å²) in [4.78, 5) is 0. The second-order valence-corrected chi connectivity index (χ2v) is 4.13. The van der Waals surface area contributed by atoms with E-state index >= 15 is 0 Å². The highest BCUT2D eigenvalue weighted by Crippen LogP contribution is 2.11. The molecule has 15 heavy (non-hydrogen) atoms. The van der Waals surface area contributed by atoms with Crippen LogP contribution >= 0.6 is 0 Å². The first kappa shape index (κ1) is 12.2. The minimum Gasteiger partial charge on any atom is -0.311 e. The van der Waals surface area contributed by atoms with Crippen LogP contribution in [0.1, 0.15) is 45.2 Å². The van der Waals surface area contributed by atoms with Crippen molar-refractivity contribution in [3.63, 3.8) is 0 Å². The Hall–Kier alpha value is -0.830. The number of H-pyrrole nitrogens is 1. The molecule has 0 aliphatic rings. The minimum atomic E-state index is 0.827. The Labute approximate surface area is 92.7 Å². The van der Waals surface area contributed by atoms with Crippen molar-refractivity contribution >= 4 is 0 Å². The quantitative estimate of drug-likeness (QED) is 0.691. The van der Waals surface area contributed by atoms with E-state index in [1.165, 1.54) is 31.4 Å². The molecule has 1 unspecified atom stereocenters. The average molecular weight is 209 g/mol.